The normalized spacial score (nSPS) is 10.3. The zero-order valence-corrected chi connectivity index (χ0v) is 12.1. The van der Waals surface area contributed by atoms with E-state index in [2.05, 4.69) is 20.3 Å². The highest BCUT2D eigenvalue weighted by atomic mass is 19.3. The van der Waals surface area contributed by atoms with Gasteiger partial charge in [-0.25, -0.2) is 0 Å². The van der Waals surface area contributed by atoms with Gasteiger partial charge in [-0.1, -0.05) is 12.1 Å². The number of amides is 1. The summed E-state index contributed by atoms with van der Waals surface area (Å²) in [4.78, 5) is 11.6. The Morgan fingerprint density at radius 1 is 1.43 bits per heavy atom. The fraction of sp³-hybridized carbons (Fsp3) is 0.267. The molecule has 6 nitrogen and oxygen atoms in total. The molecule has 0 aliphatic carbocycles. The molecule has 0 fully saturated rings. The van der Waals surface area contributed by atoms with Gasteiger partial charge in [0.15, 0.2) is 0 Å². The molecule has 0 radical (unpaired) electrons. The molecular weight excluding hydrogens is 306 g/mol. The van der Waals surface area contributed by atoms with Crippen LogP contribution in [0.15, 0.2) is 30.3 Å². The minimum Gasteiger partial charge on any atom is -0.435 e. The number of nitrogens with zero attached hydrogens (tertiary/aromatic N) is 2. The Bertz CT molecular complexity index is 709. The average molecular weight is 320 g/mol. The molecule has 0 bridgehead atoms. The zero-order chi connectivity index (χ0) is 16.7. The van der Waals surface area contributed by atoms with Gasteiger partial charge in [-0.05, 0) is 18.6 Å². The number of carbonyl (C=O) groups excluding carboxylic acids is 1. The maximum Gasteiger partial charge on any atom is 0.387 e. The third kappa shape index (κ3) is 5.07. The first-order valence-corrected chi connectivity index (χ1v) is 6.86. The van der Waals surface area contributed by atoms with Crippen molar-refractivity contribution in [2.24, 2.45) is 0 Å². The summed E-state index contributed by atoms with van der Waals surface area (Å²) in [6, 6.07) is 9.66. The van der Waals surface area contributed by atoms with E-state index in [9.17, 15) is 13.6 Å². The van der Waals surface area contributed by atoms with Gasteiger partial charge < -0.3 is 10.1 Å². The largest absolute Gasteiger partial charge is 0.435 e. The number of aromatic nitrogens is 2. The number of hydrogen-bond acceptors (Lipinski definition) is 4. The predicted molar refractivity (Wildman–Crippen MR) is 78.7 cm³/mol. The van der Waals surface area contributed by atoms with Crippen LogP contribution in [0.25, 0.3) is 11.3 Å². The Kier molecular flexibility index (Phi) is 5.63. The topological polar surface area (TPSA) is 90.8 Å². The number of aromatic amines is 1. The number of anilines is 1. The molecule has 2 aromatic rings. The van der Waals surface area contributed by atoms with Crippen molar-refractivity contribution < 1.29 is 18.3 Å². The van der Waals surface area contributed by atoms with Crippen LogP contribution in [0, 0.1) is 11.3 Å². The molecule has 0 aliphatic heterocycles. The van der Waals surface area contributed by atoms with Gasteiger partial charge >= 0.3 is 6.61 Å². The first-order valence-electron chi connectivity index (χ1n) is 6.86. The fourth-order valence-corrected chi connectivity index (χ4v) is 1.91. The van der Waals surface area contributed by atoms with Gasteiger partial charge in [0.1, 0.15) is 11.6 Å². The number of benzene rings is 1. The predicted octanol–water partition coefficient (Wildman–Crippen LogP) is 3.31. The molecule has 1 heterocycles. The molecule has 0 spiro atoms. The number of halogens is 2. The number of hydrogen-bond donors (Lipinski definition) is 2. The van der Waals surface area contributed by atoms with Crippen molar-refractivity contribution in [2.75, 3.05) is 5.32 Å². The van der Waals surface area contributed by atoms with E-state index in [1.54, 1.807) is 18.2 Å². The SMILES string of the molecule is N#CCCCC(=O)Nc1cc(-c2cccc(OC(F)F)c2)n[nH]1. The highest BCUT2D eigenvalue weighted by molar-refractivity contribution is 5.90. The van der Waals surface area contributed by atoms with Crippen LogP contribution in [0.3, 0.4) is 0 Å². The Morgan fingerprint density at radius 2 is 2.26 bits per heavy atom. The van der Waals surface area contributed by atoms with E-state index in [0.29, 0.717) is 29.9 Å². The molecule has 1 aromatic heterocycles. The van der Waals surface area contributed by atoms with Gasteiger partial charge in [0, 0.05) is 24.5 Å². The molecule has 0 atom stereocenters. The zero-order valence-electron chi connectivity index (χ0n) is 12.1. The van der Waals surface area contributed by atoms with E-state index < -0.39 is 6.61 Å². The van der Waals surface area contributed by atoms with Gasteiger partial charge in [-0.15, -0.1) is 0 Å². The third-order valence-electron chi connectivity index (χ3n) is 2.90. The Morgan fingerprint density at radius 3 is 3.00 bits per heavy atom. The summed E-state index contributed by atoms with van der Waals surface area (Å²) in [5.41, 5.74) is 1.06. The smallest absolute Gasteiger partial charge is 0.387 e. The Balaban J connectivity index is 2.01. The molecule has 2 N–H and O–H groups in total. The Labute approximate surface area is 131 Å². The van der Waals surface area contributed by atoms with Gasteiger partial charge in [-0.3, -0.25) is 9.89 Å². The summed E-state index contributed by atoms with van der Waals surface area (Å²) in [5.74, 6) is 0.190. The van der Waals surface area contributed by atoms with E-state index in [4.69, 9.17) is 5.26 Å². The average Bonchev–Trinajstić information content (AvgIpc) is 2.95. The van der Waals surface area contributed by atoms with Crippen molar-refractivity contribution in [3.63, 3.8) is 0 Å². The van der Waals surface area contributed by atoms with E-state index in [1.165, 1.54) is 12.1 Å². The second-order valence-corrected chi connectivity index (χ2v) is 4.63. The second kappa shape index (κ2) is 7.89. The summed E-state index contributed by atoms with van der Waals surface area (Å²) in [6.45, 7) is -2.90. The summed E-state index contributed by atoms with van der Waals surface area (Å²) in [5, 5.41) is 17.7. The number of unbranched alkanes of at least 4 members (excludes halogenated alkanes) is 1. The van der Waals surface area contributed by atoms with Crippen LogP contribution in [-0.2, 0) is 4.79 Å². The Hall–Kier alpha value is -2.95. The van der Waals surface area contributed by atoms with Crippen molar-refractivity contribution in [2.45, 2.75) is 25.9 Å². The van der Waals surface area contributed by atoms with Crippen LogP contribution in [0.1, 0.15) is 19.3 Å². The van der Waals surface area contributed by atoms with E-state index in [0.717, 1.165) is 0 Å². The van der Waals surface area contributed by atoms with Crippen LogP contribution < -0.4 is 10.1 Å². The van der Waals surface area contributed by atoms with Gasteiger partial charge in [0.05, 0.1) is 11.8 Å². The molecule has 0 unspecified atom stereocenters. The van der Waals surface area contributed by atoms with Crippen molar-refractivity contribution in [1.82, 2.24) is 10.2 Å². The summed E-state index contributed by atoms with van der Waals surface area (Å²) in [6.07, 6.45) is 1.04. The lowest BCUT2D eigenvalue weighted by atomic mass is 10.1. The number of H-pyrrole nitrogens is 1. The summed E-state index contributed by atoms with van der Waals surface area (Å²) < 4.78 is 28.8. The minimum atomic E-state index is -2.90. The number of rotatable bonds is 7. The maximum absolute atomic E-state index is 12.2. The first kappa shape index (κ1) is 16.4. The van der Waals surface area contributed by atoms with Gasteiger partial charge in [0.25, 0.3) is 0 Å². The van der Waals surface area contributed by atoms with E-state index in [1.807, 2.05) is 6.07 Å². The first-order chi connectivity index (χ1) is 11.1. The molecule has 120 valence electrons. The summed E-state index contributed by atoms with van der Waals surface area (Å²) >= 11 is 0. The highest BCUT2D eigenvalue weighted by Gasteiger charge is 2.09. The lowest BCUT2D eigenvalue weighted by molar-refractivity contribution is -0.116. The number of ether oxygens (including phenoxy) is 1. The van der Waals surface area contributed by atoms with Crippen LogP contribution in [0.4, 0.5) is 14.6 Å². The van der Waals surface area contributed by atoms with Gasteiger partial charge in [0.2, 0.25) is 5.91 Å². The maximum atomic E-state index is 12.2. The molecule has 8 heteroatoms. The van der Waals surface area contributed by atoms with Crippen LogP contribution in [0.2, 0.25) is 0 Å². The lowest BCUT2D eigenvalue weighted by Crippen LogP contribution is -2.11. The van der Waals surface area contributed by atoms with Gasteiger partial charge in [-0.2, -0.15) is 19.1 Å². The van der Waals surface area contributed by atoms with Crippen molar-refractivity contribution in [3.05, 3.63) is 30.3 Å². The van der Waals surface area contributed by atoms with Crippen molar-refractivity contribution in [3.8, 4) is 23.1 Å². The molecule has 23 heavy (non-hydrogen) atoms. The molecule has 0 saturated heterocycles. The monoisotopic (exact) mass is 320 g/mol. The van der Waals surface area contributed by atoms with Crippen LogP contribution in [0.5, 0.6) is 5.75 Å². The molecule has 0 aliphatic rings. The van der Waals surface area contributed by atoms with Crippen molar-refractivity contribution in [1.29, 1.82) is 5.26 Å². The highest BCUT2D eigenvalue weighted by Crippen LogP contribution is 2.25. The molecular formula is C15H14F2N4O2. The van der Waals surface area contributed by atoms with Crippen LogP contribution in [-0.4, -0.2) is 22.7 Å². The van der Waals surface area contributed by atoms with E-state index in [-0.39, 0.29) is 18.1 Å². The lowest BCUT2D eigenvalue weighted by Gasteiger charge is -2.05. The second-order valence-electron chi connectivity index (χ2n) is 4.63. The number of carbonyl (C=O) groups is 1. The number of alkyl halides is 2. The number of nitriles is 1. The molecule has 0 saturated carbocycles. The molecule has 1 aromatic carbocycles. The van der Waals surface area contributed by atoms with E-state index >= 15 is 0 Å². The minimum absolute atomic E-state index is 0.0302. The summed E-state index contributed by atoms with van der Waals surface area (Å²) in [7, 11) is 0. The fourth-order valence-electron chi connectivity index (χ4n) is 1.91. The quantitative estimate of drug-likeness (QED) is 0.766. The van der Waals surface area contributed by atoms with Crippen molar-refractivity contribution >= 4 is 11.7 Å². The molecule has 2 rings (SSSR count). The standard InChI is InChI=1S/C15H14F2N4O2/c16-15(17)23-11-5-3-4-10(8-11)12-9-13(21-20-12)19-14(22)6-1-2-7-18/h3-5,8-9,15H,1-2,6H2,(H2,19,20,21,22). The number of nitrogens with one attached hydrogen (secondary N) is 2. The molecule has 1 amide bonds. The third-order valence-corrected chi connectivity index (χ3v) is 2.90. The van der Waals surface area contributed by atoms with Crippen LogP contribution >= 0.6 is 0 Å².